The molecule has 14 heavy (non-hydrogen) atoms. The van der Waals surface area contributed by atoms with Crippen molar-refractivity contribution in [3.8, 4) is 0 Å². The molecule has 3 amide bonds. The van der Waals surface area contributed by atoms with Crippen LogP contribution in [0.2, 0.25) is 0 Å². The number of amides is 3. The van der Waals surface area contributed by atoms with Crippen molar-refractivity contribution < 1.29 is 14.7 Å². The number of likely N-dealkylation sites (tertiary alicyclic amines) is 1. The van der Waals surface area contributed by atoms with Crippen LogP contribution in [0.25, 0.3) is 0 Å². The molecule has 4 N–H and O–H groups in total. The van der Waals surface area contributed by atoms with Crippen LogP contribution in [0.3, 0.4) is 0 Å². The third-order valence-electron chi connectivity index (χ3n) is 2.26. The highest BCUT2D eigenvalue weighted by Gasteiger charge is 2.32. The first-order valence-corrected chi connectivity index (χ1v) is 4.50. The van der Waals surface area contributed by atoms with E-state index in [4.69, 9.17) is 10.8 Å². The Morgan fingerprint density at radius 2 is 2.21 bits per heavy atom. The van der Waals surface area contributed by atoms with Crippen molar-refractivity contribution in [1.29, 1.82) is 0 Å². The SMILES string of the molecule is CC(NC(N)=O)C(=O)N1CC(CO)C1. The van der Waals surface area contributed by atoms with E-state index in [-0.39, 0.29) is 18.4 Å². The molecule has 1 saturated heterocycles. The molecule has 0 aromatic rings. The predicted octanol–water partition coefficient (Wildman–Crippen LogP) is -1.51. The van der Waals surface area contributed by atoms with Crippen LogP contribution in [0, 0.1) is 5.92 Å². The number of nitrogens with one attached hydrogen (secondary N) is 1. The second-order valence-corrected chi connectivity index (χ2v) is 3.52. The van der Waals surface area contributed by atoms with Crippen LogP contribution in [0.4, 0.5) is 4.79 Å². The molecule has 80 valence electrons. The largest absolute Gasteiger partial charge is 0.396 e. The summed E-state index contributed by atoms with van der Waals surface area (Å²) in [7, 11) is 0. The Morgan fingerprint density at radius 3 is 2.64 bits per heavy atom. The highest BCUT2D eigenvalue weighted by Crippen LogP contribution is 2.15. The molecule has 6 nitrogen and oxygen atoms in total. The summed E-state index contributed by atoms with van der Waals surface area (Å²) >= 11 is 0. The summed E-state index contributed by atoms with van der Waals surface area (Å²) < 4.78 is 0. The number of rotatable bonds is 3. The van der Waals surface area contributed by atoms with Gasteiger partial charge in [-0.3, -0.25) is 4.79 Å². The van der Waals surface area contributed by atoms with Crippen LogP contribution in [-0.2, 0) is 4.79 Å². The van der Waals surface area contributed by atoms with Crippen LogP contribution in [0.1, 0.15) is 6.92 Å². The topological polar surface area (TPSA) is 95.7 Å². The fraction of sp³-hybridized carbons (Fsp3) is 0.750. The molecular weight excluding hydrogens is 186 g/mol. The van der Waals surface area contributed by atoms with Crippen molar-refractivity contribution in [2.45, 2.75) is 13.0 Å². The lowest BCUT2D eigenvalue weighted by molar-refractivity contribution is -0.140. The third kappa shape index (κ3) is 2.35. The van der Waals surface area contributed by atoms with E-state index in [0.717, 1.165) is 0 Å². The molecule has 1 fully saturated rings. The van der Waals surface area contributed by atoms with Crippen LogP contribution < -0.4 is 11.1 Å². The van der Waals surface area contributed by atoms with Gasteiger partial charge in [0.05, 0.1) is 0 Å². The van der Waals surface area contributed by atoms with Crippen molar-refractivity contribution in [2.75, 3.05) is 19.7 Å². The van der Waals surface area contributed by atoms with Crippen molar-refractivity contribution in [3.05, 3.63) is 0 Å². The van der Waals surface area contributed by atoms with Crippen LogP contribution in [0.5, 0.6) is 0 Å². The summed E-state index contributed by atoms with van der Waals surface area (Å²) in [4.78, 5) is 23.5. The van der Waals surface area contributed by atoms with E-state index in [1.54, 1.807) is 11.8 Å². The number of nitrogens with zero attached hydrogens (tertiary/aromatic N) is 1. The second-order valence-electron chi connectivity index (χ2n) is 3.52. The molecule has 1 unspecified atom stereocenters. The monoisotopic (exact) mass is 201 g/mol. The molecule has 0 radical (unpaired) electrons. The number of aliphatic hydroxyl groups excluding tert-OH is 1. The Morgan fingerprint density at radius 1 is 1.64 bits per heavy atom. The van der Waals surface area contributed by atoms with Gasteiger partial charge in [0.2, 0.25) is 5.91 Å². The number of carbonyl (C=O) groups excluding carboxylic acids is 2. The highest BCUT2D eigenvalue weighted by molar-refractivity contribution is 5.86. The van der Waals surface area contributed by atoms with Crippen molar-refractivity contribution in [2.24, 2.45) is 11.7 Å². The maximum Gasteiger partial charge on any atom is 0.312 e. The van der Waals surface area contributed by atoms with Gasteiger partial charge in [0, 0.05) is 25.6 Å². The van der Waals surface area contributed by atoms with Gasteiger partial charge in [-0.2, -0.15) is 0 Å². The summed E-state index contributed by atoms with van der Waals surface area (Å²) in [5.74, 6) is 0.0215. The van der Waals surface area contributed by atoms with Crippen molar-refractivity contribution in [3.63, 3.8) is 0 Å². The van der Waals surface area contributed by atoms with Gasteiger partial charge in [0.1, 0.15) is 6.04 Å². The Hall–Kier alpha value is -1.30. The molecule has 1 aliphatic heterocycles. The van der Waals surface area contributed by atoms with E-state index in [1.165, 1.54) is 0 Å². The number of hydrogen-bond donors (Lipinski definition) is 3. The van der Waals surface area contributed by atoms with Crippen molar-refractivity contribution >= 4 is 11.9 Å². The van der Waals surface area contributed by atoms with Gasteiger partial charge in [-0.05, 0) is 6.92 Å². The summed E-state index contributed by atoms with van der Waals surface area (Å²) in [6.45, 7) is 2.79. The Kier molecular flexibility index (Phi) is 3.29. The van der Waals surface area contributed by atoms with Gasteiger partial charge in [0.25, 0.3) is 0 Å². The number of carbonyl (C=O) groups is 2. The minimum Gasteiger partial charge on any atom is -0.396 e. The van der Waals surface area contributed by atoms with Gasteiger partial charge < -0.3 is 21.1 Å². The molecule has 1 aliphatic rings. The second kappa shape index (κ2) is 4.28. The maximum absolute atomic E-state index is 11.5. The number of urea groups is 1. The molecule has 6 heteroatoms. The lowest BCUT2D eigenvalue weighted by atomic mass is 10.0. The first-order valence-electron chi connectivity index (χ1n) is 4.50. The normalized spacial score (nSPS) is 18.6. The summed E-state index contributed by atoms with van der Waals surface area (Å²) in [6.07, 6.45) is 0. The fourth-order valence-electron chi connectivity index (χ4n) is 1.41. The molecule has 0 spiro atoms. The zero-order chi connectivity index (χ0) is 10.7. The molecule has 1 heterocycles. The van der Waals surface area contributed by atoms with Gasteiger partial charge in [-0.15, -0.1) is 0 Å². The number of nitrogens with two attached hydrogens (primary N) is 1. The van der Waals surface area contributed by atoms with Gasteiger partial charge in [-0.25, -0.2) is 4.79 Å². The molecule has 0 aliphatic carbocycles. The van der Waals surface area contributed by atoms with E-state index in [0.29, 0.717) is 13.1 Å². The summed E-state index contributed by atoms with van der Waals surface area (Å²) in [5, 5.41) is 11.1. The molecule has 0 aromatic carbocycles. The smallest absolute Gasteiger partial charge is 0.312 e. The Labute approximate surface area is 82.1 Å². The van der Waals surface area contributed by atoms with Crippen molar-refractivity contribution in [1.82, 2.24) is 10.2 Å². The third-order valence-corrected chi connectivity index (χ3v) is 2.26. The standard InChI is InChI=1S/C8H15N3O3/c1-5(10-8(9)14)7(13)11-2-6(3-11)4-12/h5-6,12H,2-4H2,1H3,(H3,9,10,14). The molecule has 1 atom stereocenters. The van der Waals surface area contributed by atoms with Gasteiger partial charge in [0.15, 0.2) is 0 Å². The highest BCUT2D eigenvalue weighted by atomic mass is 16.3. The quantitative estimate of drug-likeness (QED) is 0.518. The summed E-state index contributed by atoms with van der Waals surface area (Å²) in [6, 6.07) is -1.29. The number of hydrogen-bond acceptors (Lipinski definition) is 3. The Bertz CT molecular complexity index is 238. The number of aliphatic hydroxyl groups is 1. The average Bonchev–Trinajstić information content (AvgIpc) is 2.00. The molecule has 0 aromatic heterocycles. The lowest BCUT2D eigenvalue weighted by Gasteiger charge is -2.39. The minimum atomic E-state index is -0.704. The lowest BCUT2D eigenvalue weighted by Crippen LogP contribution is -2.57. The zero-order valence-corrected chi connectivity index (χ0v) is 8.06. The first kappa shape index (κ1) is 10.8. The average molecular weight is 201 g/mol. The van der Waals surface area contributed by atoms with Crippen LogP contribution in [-0.4, -0.2) is 47.7 Å². The predicted molar refractivity (Wildman–Crippen MR) is 49.3 cm³/mol. The summed E-state index contributed by atoms with van der Waals surface area (Å²) in [5.41, 5.74) is 4.88. The molecule has 0 saturated carbocycles. The Balaban J connectivity index is 2.32. The first-order chi connectivity index (χ1) is 6.54. The maximum atomic E-state index is 11.5. The van der Waals surface area contributed by atoms with E-state index in [1.807, 2.05) is 0 Å². The van der Waals surface area contributed by atoms with E-state index >= 15 is 0 Å². The van der Waals surface area contributed by atoms with Gasteiger partial charge >= 0.3 is 6.03 Å². The van der Waals surface area contributed by atoms with Gasteiger partial charge in [-0.1, -0.05) is 0 Å². The van der Waals surface area contributed by atoms with E-state index in [9.17, 15) is 9.59 Å². The fourth-order valence-corrected chi connectivity index (χ4v) is 1.41. The zero-order valence-electron chi connectivity index (χ0n) is 8.06. The molecule has 0 bridgehead atoms. The van der Waals surface area contributed by atoms with Crippen LogP contribution in [0.15, 0.2) is 0 Å². The van der Waals surface area contributed by atoms with E-state index < -0.39 is 12.1 Å². The van der Waals surface area contributed by atoms with E-state index in [2.05, 4.69) is 5.32 Å². The minimum absolute atomic E-state index is 0.0986. The number of primary amides is 1. The molecule has 1 rings (SSSR count). The van der Waals surface area contributed by atoms with Crippen LogP contribution >= 0.6 is 0 Å². The molecular formula is C8H15N3O3.